The van der Waals surface area contributed by atoms with Gasteiger partial charge in [0.25, 0.3) is 0 Å². The number of benzene rings is 1. The van der Waals surface area contributed by atoms with Gasteiger partial charge in [0, 0.05) is 12.1 Å². The standard InChI is InChI=1S/C25H36ClN3O2/c1-16(2)24(23-10-9-22(26)15-28-23)27-11-7-6-8-21(25(30)29-31)14-20-12-17(3)19(5)18(4)13-20/h9-10,12-13,15-16,21,24,27,31H,6-8,11,14H2,1-5H3,(H,29,30)/t21-,24+/m0/s1. The average Bonchev–Trinajstić information content (AvgIpc) is 2.73. The number of aromatic nitrogens is 1. The van der Waals surface area contributed by atoms with Crippen molar-refractivity contribution < 1.29 is 10.0 Å². The lowest BCUT2D eigenvalue weighted by Crippen LogP contribution is -2.30. The highest BCUT2D eigenvalue weighted by Gasteiger charge is 2.20. The molecule has 6 heteroatoms. The summed E-state index contributed by atoms with van der Waals surface area (Å²) in [5.41, 5.74) is 7.73. The van der Waals surface area contributed by atoms with Crippen LogP contribution in [0, 0.1) is 32.6 Å². The minimum Gasteiger partial charge on any atom is -0.308 e. The van der Waals surface area contributed by atoms with Crippen LogP contribution in [0.5, 0.6) is 0 Å². The van der Waals surface area contributed by atoms with Crippen LogP contribution in [0.15, 0.2) is 30.5 Å². The Morgan fingerprint density at radius 1 is 1.13 bits per heavy atom. The first-order valence-corrected chi connectivity index (χ1v) is 11.5. The Bertz CT molecular complexity index is 829. The zero-order chi connectivity index (χ0) is 23.0. The van der Waals surface area contributed by atoms with Crippen molar-refractivity contribution in [3.8, 4) is 0 Å². The van der Waals surface area contributed by atoms with Crippen LogP contribution >= 0.6 is 11.6 Å². The number of rotatable bonds is 11. The maximum absolute atomic E-state index is 12.2. The van der Waals surface area contributed by atoms with Gasteiger partial charge in [-0.25, -0.2) is 5.48 Å². The molecule has 1 aromatic carbocycles. The summed E-state index contributed by atoms with van der Waals surface area (Å²) in [6.45, 7) is 11.5. The van der Waals surface area contributed by atoms with E-state index in [1.807, 2.05) is 17.6 Å². The van der Waals surface area contributed by atoms with Crippen LogP contribution in [-0.4, -0.2) is 22.6 Å². The van der Waals surface area contributed by atoms with Crippen LogP contribution in [0.4, 0.5) is 0 Å². The van der Waals surface area contributed by atoms with E-state index in [9.17, 15) is 10.0 Å². The summed E-state index contributed by atoms with van der Waals surface area (Å²) >= 11 is 5.96. The smallest absolute Gasteiger partial charge is 0.246 e. The predicted octanol–water partition coefficient (Wildman–Crippen LogP) is 5.48. The topological polar surface area (TPSA) is 74.2 Å². The number of hydrogen-bond acceptors (Lipinski definition) is 4. The Kier molecular flexibility index (Phi) is 9.94. The fourth-order valence-electron chi connectivity index (χ4n) is 3.97. The van der Waals surface area contributed by atoms with Gasteiger partial charge in [-0.1, -0.05) is 44.0 Å². The lowest BCUT2D eigenvalue weighted by Gasteiger charge is -2.22. The minimum absolute atomic E-state index is 0.160. The number of nitrogens with zero attached hydrogens (tertiary/aromatic N) is 1. The maximum Gasteiger partial charge on any atom is 0.246 e. The third-order valence-corrected chi connectivity index (χ3v) is 6.25. The minimum atomic E-state index is -0.311. The molecule has 0 saturated heterocycles. The molecule has 31 heavy (non-hydrogen) atoms. The normalized spacial score (nSPS) is 13.3. The van der Waals surface area contributed by atoms with E-state index in [1.54, 1.807) is 6.20 Å². The van der Waals surface area contributed by atoms with E-state index in [1.165, 1.54) is 16.7 Å². The van der Waals surface area contributed by atoms with Crippen molar-refractivity contribution in [3.05, 3.63) is 63.4 Å². The molecule has 0 radical (unpaired) electrons. The summed E-state index contributed by atoms with van der Waals surface area (Å²) in [5, 5.41) is 13.4. The molecular formula is C25H36ClN3O2. The van der Waals surface area contributed by atoms with Gasteiger partial charge in [0.15, 0.2) is 0 Å². The number of hydrogen-bond donors (Lipinski definition) is 3. The van der Waals surface area contributed by atoms with Crippen molar-refractivity contribution in [2.45, 2.75) is 66.3 Å². The van der Waals surface area contributed by atoms with Crippen LogP contribution in [0.25, 0.3) is 0 Å². The number of pyridine rings is 1. The predicted molar refractivity (Wildman–Crippen MR) is 126 cm³/mol. The average molecular weight is 446 g/mol. The molecule has 2 atom stereocenters. The molecule has 0 bridgehead atoms. The van der Waals surface area contributed by atoms with E-state index in [4.69, 9.17) is 11.6 Å². The zero-order valence-electron chi connectivity index (χ0n) is 19.3. The van der Waals surface area contributed by atoms with Crippen molar-refractivity contribution in [2.75, 3.05) is 6.54 Å². The zero-order valence-corrected chi connectivity index (χ0v) is 20.1. The number of unbranched alkanes of at least 4 members (excludes halogenated alkanes) is 1. The van der Waals surface area contributed by atoms with E-state index in [-0.39, 0.29) is 17.9 Å². The summed E-state index contributed by atoms with van der Waals surface area (Å²) in [6.07, 6.45) is 4.88. The van der Waals surface area contributed by atoms with Gasteiger partial charge in [-0.15, -0.1) is 0 Å². The van der Waals surface area contributed by atoms with Crippen molar-refractivity contribution in [2.24, 2.45) is 11.8 Å². The summed E-state index contributed by atoms with van der Waals surface area (Å²) < 4.78 is 0. The number of aryl methyl sites for hydroxylation is 2. The molecule has 0 fully saturated rings. The molecule has 3 N–H and O–H groups in total. The second kappa shape index (κ2) is 12.2. The molecule has 0 unspecified atom stereocenters. The summed E-state index contributed by atoms with van der Waals surface area (Å²) in [4.78, 5) is 16.7. The van der Waals surface area contributed by atoms with Crippen molar-refractivity contribution in [1.82, 2.24) is 15.8 Å². The summed E-state index contributed by atoms with van der Waals surface area (Å²) in [7, 11) is 0. The van der Waals surface area contributed by atoms with Gasteiger partial charge in [0.05, 0.1) is 16.8 Å². The first kappa shape index (κ1) is 25.3. The number of amides is 1. The molecule has 2 rings (SSSR count). The lowest BCUT2D eigenvalue weighted by molar-refractivity contribution is -0.133. The molecule has 0 aliphatic rings. The SMILES string of the molecule is Cc1cc(C[C@H](CCCCN[C@@H](c2ccc(Cl)cn2)C(C)C)C(=O)NO)cc(C)c1C. The fourth-order valence-corrected chi connectivity index (χ4v) is 4.08. The Labute approximate surface area is 191 Å². The third-order valence-electron chi connectivity index (χ3n) is 6.03. The van der Waals surface area contributed by atoms with Crippen LogP contribution < -0.4 is 10.8 Å². The number of carbonyl (C=O) groups is 1. The van der Waals surface area contributed by atoms with Crippen LogP contribution in [0.1, 0.15) is 67.1 Å². The van der Waals surface area contributed by atoms with Crippen molar-refractivity contribution >= 4 is 17.5 Å². The number of halogens is 1. The summed E-state index contributed by atoms with van der Waals surface area (Å²) in [5.74, 6) is -0.158. The molecule has 1 aromatic heterocycles. The number of hydroxylamine groups is 1. The number of nitrogens with one attached hydrogen (secondary N) is 2. The molecule has 0 saturated carbocycles. The largest absolute Gasteiger partial charge is 0.308 e. The molecule has 0 aliphatic carbocycles. The first-order chi connectivity index (χ1) is 14.7. The molecule has 1 heterocycles. The Morgan fingerprint density at radius 2 is 1.81 bits per heavy atom. The Balaban J connectivity index is 1.89. The second-order valence-corrected chi connectivity index (χ2v) is 9.24. The van der Waals surface area contributed by atoms with E-state index in [2.05, 4.69) is 57.1 Å². The maximum atomic E-state index is 12.2. The highest BCUT2D eigenvalue weighted by Crippen LogP contribution is 2.23. The highest BCUT2D eigenvalue weighted by atomic mass is 35.5. The number of carbonyl (C=O) groups excluding carboxylic acids is 1. The van der Waals surface area contributed by atoms with Gasteiger partial charge in [-0.2, -0.15) is 0 Å². The Hall–Kier alpha value is -1.95. The molecule has 170 valence electrons. The van der Waals surface area contributed by atoms with Crippen molar-refractivity contribution in [1.29, 1.82) is 0 Å². The first-order valence-electron chi connectivity index (χ1n) is 11.1. The van der Waals surface area contributed by atoms with Gasteiger partial charge < -0.3 is 5.32 Å². The Morgan fingerprint density at radius 3 is 2.35 bits per heavy atom. The van der Waals surface area contributed by atoms with E-state index < -0.39 is 0 Å². The lowest BCUT2D eigenvalue weighted by atomic mass is 9.90. The molecule has 0 aliphatic heterocycles. The fraction of sp³-hybridized carbons (Fsp3) is 0.520. The van der Waals surface area contributed by atoms with Gasteiger partial charge in [0.2, 0.25) is 5.91 Å². The highest BCUT2D eigenvalue weighted by molar-refractivity contribution is 6.30. The third kappa shape index (κ3) is 7.60. The molecule has 2 aromatic rings. The van der Waals surface area contributed by atoms with E-state index in [0.29, 0.717) is 17.4 Å². The van der Waals surface area contributed by atoms with E-state index >= 15 is 0 Å². The molecule has 5 nitrogen and oxygen atoms in total. The van der Waals surface area contributed by atoms with Crippen molar-refractivity contribution in [3.63, 3.8) is 0 Å². The van der Waals surface area contributed by atoms with Crippen LogP contribution in [0.3, 0.4) is 0 Å². The molecule has 0 spiro atoms. The van der Waals surface area contributed by atoms with Crippen LogP contribution in [-0.2, 0) is 11.2 Å². The summed E-state index contributed by atoms with van der Waals surface area (Å²) in [6, 6.07) is 8.29. The van der Waals surface area contributed by atoms with Crippen LogP contribution in [0.2, 0.25) is 5.02 Å². The van der Waals surface area contributed by atoms with Gasteiger partial charge in [-0.3, -0.25) is 15.0 Å². The van der Waals surface area contributed by atoms with E-state index in [0.717, 1.165) is 37.1 Å². The van der Waals surface area contributed by atoms with Gasteiger partial charge in [-0.05, 0) is 86.9 Å². The molecule has 1 amide bonds. The second-order valence-electron chi connectivity index (χ2n) is 8.80. The van der Waals surface area contributed by atoms with Gasteiger partial charge in [0.1, 0.15) is 0 Å². The quantitative estimate of drug-likeness (QED) is 0.243. The van der Waals surface area contributed by atoms with Gasteiger partial charge >= 0.3 is 0 Å². The molecular weight excluding hydrogens is 410 g/mol. The monoisotopic (exact) mass is 445 g/mol.